The normalized spacial score (nSPS) is 11.9. The fourth-order valence-electron chi connectivity index (χ4n) is 1.28. The first-order chi connectivity index (χ1) is 7.04. The molecule has 0 amide bonds. The van der Waals surface area contributed by atoms with Gasteiger partial charge in [0, 0.05) is 10.4 Å². The smallest absolute Gasteiger partial charge is 0.376 e. The summed E-state index contributed by atoms with van der Waals surface area (Å²) < 4.78 is 36.9. The summed E-state index contributed by atoms with van der Waals surface area (Å²) in [6, 6.07) is 7.08. The van der Waals surface area contributed by atoms with Gasteiger partial charge in [-0.1, -0.05) is 0 Å². The van der Waals surface area contributed by atoms with Crippen LogP contribution in [0, 0.1) is 0 Å². The maximum Gasteiger partial charge on any atom is 0.405 e. The van der Waals surface area contributed by atoms with Gasteiger partial charge in [0.25, 0.3) is 0 Å². The number of fused-ring (bicyclic) bond motifs is 1. The van der Waals surface area contributed by atoms with E-state index >= 15 is 0 Å². The Hall–Kier alpha value is -1.23. The van der Waals surface area contributed by atoms with Crippen molar-refractivity contribution in [3.05, 3.63) is 29.6 Å². The Morgan fingerprint density at radius 3 is 2.73 bits per heavy atom. The van der Waals surface area contributed by atoms with Gasteiger partial charge in [-0.05, 0) is 35.0 Å². The molecule has 0 aliphatic rings. The van der Waals surface area contributed by atoms with Crippen molar-refractivity contribution in [1.82, 2.24) is 0 Å². The van der Waals surface area contributed by atoms with Gasteiger partial charge in [-0.2, -0.15) is 13.2 Å². The van der Waals surface area contributed by atoms with E-state index in [0.29, 0.717) is 5.69 Å². The third-order valence-corrected chi connectivity index (χ3v) is 2.84. The Bertz CT molecular complexity index is 461. The van der Waals surface area contributed by atoms with Gasteiger partial charge < -0.3 is 5.32 Å². The highest BCUT2D eigenvalue weighted by Gasteiger charge is 2.26. The predicted octanol–water partition coefficient (Wildman–Crippen LogP) is 3.88. The predicted molar refractivity (Wildman–Crippen MR) is 56.4 cm³/mol. The number of rotatable bonds is 2. The van der Waals surface area contributed by atoms with E-state index in [4.69, 9.17) is 0 Å². The molecule has 2 aromatic rings. The minimum absolute atomic E-state index is 0.498. The molecule has 0 saturated carbocycles. The highest BCUT2D eigenvalue weighted by Crippen LogP contribution is 2.24. The number of alkyl halides is 3. The molecule has 5 heteroatoms. The largest absolute Gasteiger partial charge is 0.405 e. The van der Waals surface area contributed by atoms with E-state index < -0.39 is 12.7 Å². The van der Waals surface area contributed by atoms with Crippen LogP contribution in [0.15, 0.2) is 29.6 Å². The average molecular weight is 231 g/mol. The van der Waals surface area contributed by atoms with Crippen LogP contribution in [0.2, 0.25) is 0 Å². The average Bonchev–Trinajstić information content (AvgIpc) is 2.60. The zero-order valence-corrected chi connectivity index (χ0v) is 8.45. The standard InChI is InChI=1S/C10H8F3NS/c11-10(12,13)6-14-8-1-2-9-7(5-8)3-4-15-9/h1-5,14H,6H2. The van der Waals surface area contributed by atoms with E-state index in [1.54, 1.807) is 23.5 Å². The zero-order valence-electron chi connectivity index (χ0n) is 7.64. The van der Waals surface area contributed by atoms with Crippen molar-refractivity contribution in [2.24, 2.45) is 0 Å². The van der Waals surface area contributed by atoms with Crippen LogP contribution in [-0.4, -0.2) is 12.7 Å². The number of nitrogens with one attached hydrogen (secondary N) is 1. The Kier molecular flexibility index (Phi) is 2.56. The highest BCUT2D eigenvalue weighted by molar-refractivity contribution is 7.17. The van der Waals surface area contributed by atoms with Gasteiger partial charge in [-0.3, -0.25) is 0 Å². The Balaban J connectivity index is 2.15. The van der Waals surface area contributed by atoms with E-state index in [9.17, 15) is 13.2 Å². The van der Waals surface area contributed by atoms with Gasteiger partial charge in [-0.15, -0.1) is 11.3 Å². The molecule has 0 aliphatic carbocycles. The second-order valence-corrected chi connectivity index (χ2v) is 4.09. The molecule has 1 aromatic heterocycles. The molecule has 0 aliphatic heterocycles. The first-order valence-corrected chi connectivity index (χ1v) is 5.20. The second kappa shape index (κ2) is 3.73. The molecule has 1 heterocycles. The first kappa shape index (κ1) is 10.3. The SMILES string of the molecule is FC(F)(F)CNc1ccc2sccc2c1. The quantitative estimate of drug-likeness (QED) is 0.827. The van der Waals surface area contributed by atoms with Crippen molar-refractivity contribution < 1.29 is 13.2 Å². The molecule has 2 rings (SSSR count). The molecule has 0 unspecified atom stereocenters. The van der Waals surface area contributed by atoms with Gasteiger partial charge in [0.1, 0.15) is 6.54 Å². The minimum Gasteiger partial charge on any atom is -0.376 e. The fourth-order valence-corrected chi connectivity index (χ4v) is 2.05. The fraction of sp³-hybridized carbons (Fsp3) is 0.200. The second-order valence-electron chi connectivity index (χ2n) is 3.14. The van der Waals surface area contributed by atoms with Crippen LogP contribution in [0.25, 0.3) is 10.1 Å². The van der Waals surface area contributed by atoms with E-state index in [1.807, 2.05) is 17.5 Å². The van der Waals surface area contributed by atoms with Crippen molar-refractivity contribution in [3.63, 3.8) is 0 Å². The van der Waals surface area contributed by atoms with Gasteiger partial charge in [-0.25, -0.2) is 0 Å². The lowest BCUT2D eigenvalue weighted by atomic mass is 10.2. The number of hydrogen-bond donors (Lipinski definition) is 1. The Labute approximate surface area is 88.5 Å². The van der Waals surface area contributed by atoms with Crippen molar-refractivity contribution in [1.29, 1.82) is 0 Å². The summed E-state index contributed by atoms with van der Waals surface area (Å²) >= 11 is 1.57. The molecule has 1 nitrogen and oxygen atoms in total. The third-order valence-electron chi connectivity index (χ3n) is 1.95. The number of benzene rings is 1. The van der Waals surface area contributed by atoms with Crippen LogP contribution in [0.3, 0.4) is 0 Å². The van der Waals surface area contributed by atoms with Crippen LogP contribution in [0.4, 0.5) is 18.9 Å². The molecule has 0 saturated heterocycles. The van der Waals surface area contributed by atoms with E-state index in [-0.39, 0.29) is 0 Å². The van der Waals surface area contributed by atoms with Crippen LogP contribution < -0.4 is 5.32 Å². The molecule has 0 fully saturated rings. The van der Waals surface area contributed by atoms with Crippen molar-refractivity contribution >= 4 is 27.1 Å². The topological polar surface area (TPSA) is 12.0 Å². The van der Waals surface area contributed by atoms with E-state index in [0.717, 1.165) is 10.1 Å². The molecule has 1 N–H and O–H groups in total. The van der Waals surface area contributed by atoms with Gasteiger partial charge in [0.05, 0.1) is 0 Å². The van der Waals surface area contributed by atoms with Crippen LogP contribution >= 0.6 is 11.3 Å². The zero-order chi connectivity index (χ0) is 10.9. The van der Waals surface area contributed by atoms with Gasteiger partial charge in [0.2, 0.25) is 0 Å². The van der Waals surface area contributed by atoms with Gasteiger partial charge >= 0.3 is 6.18 Å². The third kappa shape index (κ3) is 2.62. The summed E-state index contributed by atoms with van der Waals surface area (Å²) in [5, 5.41) is 5.23. The lowest BCUT2D eigenvalue weighted by molar-refractivity contribution is -0.115. The molecule has 1 aromatic carbocycles. The minimum atomic E-state index is -4.18. The first-order valence-electron chi connectivity index (χ1n) is 4.32. The Morgan fingerprint density at radius 1 is 1.20 bits per heavy atom. The lowest BCUT2D eigenvalue weighted by Gasteiger charge is -2.09. The van der Waals surface area contributed by atoms with Gasteiger partial charge in [0.15, 0.2) is 0 Å². The van der Waals surface area contributed by atoms with E-state index in [2.05, 4.69) is 5.32 Å². The molecule has 0 spiro atoms. The van der Waals surface area contributed by atoms with Crippen molar-refractivity contribution in [2.75, 3.05) is 11.9 Å². The Morgan fingerprint density at radius 2 is 2.00 bits per heavy atom. The van der Waals surface area contributed by atoms with Crippen LogP contribution in [0.1, 0.15) is 0 Å². The molecule has 80 valence electrons. The molecular formula is C10H8F3NS. The number of anilines is 1. The molecule has 0 atom stereocenters. The maximum atomic E-state index is 11.9. The maximum absolute atomic E-state index is 11.9. The summed E-state index contributed by atoms with van der Waals surface area (Å²) in [5.74, 6) is 0. The van der Waals surface area contributed by atoms with Crippen LogP contribution in [-0.2, 0) is 0 Å². The van der Waals surface area contributed by atoms with Crippen molar-refractivity contribution in [3.8, 4) is 0 Å². The summed E-state index contributed by atoms with van der Waals surface area (Å²) in [6.07, 6.45) is -4.18. The molecule has 15 heavy (non-hydrogen) atoms. The van der Waals surface area contributed by atoms with E-state index in [1.165, 1.54) is 0 Å². The molecular weight excluding hydrogens is 223 g/mol. The number of thiophene rings is 1. The lowest BCUT2D eigenvalue weighted by Crippen LogP contribution is -2.21. The summed E-state index contributed by atoms with van der Waals surface area (Å²) in [4.78, 5) is 0. The highest BCUT2D eigenvalue weighted by atomic mass is 32.1. The molecule has 0 bridgehead atoms. The number of hydrogen-bond acceptors (Lipinski definition) is 2. The number of halogens is 3. The molecule has 0 radical (unpaired) electrons. The van der Waals surface area contributed by atoms with Crippen LogP contribution in [0.5, 0.6) is 0 Å². The summed E-state index contributed by atoms with van der Waals surface area (Å²) in [6.45, 7) is -0.997. The monoisotopic (exact) mass is 231 g/mol. The summed E-state index contributed by atoms with van der Waals surface area (Å²) in [5.41, 5.74) is 0.498. The van der Waals surface area contributed by atoms with Crippen molar-refractivity contribution in [2.45, 2.75) is 6.18 Å². The summed E-state index contributed by atoms with van der Waals surface area (Å²) in [7, 11) is 0.